The van der Waals surface area contributed by atoms with Gasteiger partial charge in [0, 0.05) is 22.6 Å². The predicted octanol–water partition coefficient (Wildman–Crippen LogP) is 4.36. The molecule has 0 radical (unpaired) electrons. The van der Waals surface area contributed by atoms with Crippen LogP contribution in [0.1, 0.15) is 26.3 Å². The molecule has 0 atom stereocenters. The zero-order valence-electron chi connectivity index (χ0n) is 14.3. The van der Waals surface area contributed by atoms with Crippen LogP contribution in [0.5, 0.6) is 11.5 Å². The van der Waals surface area contributed by atoms with Crippen molar-refractivity contribution in [3.8, 4) is 22.6 Å². The summed E-state index contributed by atoms with van der Waals surface area (Å²) >= 11 is 0.817. The number of carbonyl (C=O) groups is 2. The van der Waals surface area contributed by atoms with Gasteiger partial charge in [-0.15, -0.1) is 11.3 Å². The van der Waals surface area contributed by atoms with E-state index in [1.807, 2.05) is 0 Å². The number of carboxylic acid groups (broad SMARTS) is 1. The molecule has 28 heavy (non-hydrogen) atoms. The van der Waals surface area contributed by atoms with Gasteiger partial charge in [0.25, 0.3) is 5.91 Å². The highest BCUT2D eigenvalue weighted by molar-refractivity contribution is 7.15. The van der Waals surface area contributed by atoms with Crippen LogP contribution in [-0.2, 0) is 0 Å². The fraction of sp³-hybridized carbons (Fsp3) is 0.0526. The maximum absolute atomic E-state index is 14.3. The Labute approximate surface area is 161 Å². The quantitative estimate of drug-likeness (QED) is 0.516. The molecule has 0 aliphatic rings. The predicted molar refractivity (Wildman–Crippen MR) is 99.1 cm³/mol. The Bertz CT molecular complexity index is 1110. The Kier molecular flexibility index (Phi) is 5.02. The number of thiophene rings is 1. The lowest BCUT2D eigenvalue weighted by molar-refractivity contribution is 0.0699. The molecular weight excluding hydrogens is 392 g/mol. The number of carboxylic acids is 1. The number of rotatable bonds is 4. The molecule has 0 aliphatic heterocycles. The van der Waals surface area contributed by atoms with Crippen LogP contribution in [0, 0.1) is 18.6 Å². The van der Waals surface area contributed by atoms with Gasteiger partial charge in [0.05, 0.1) is 5.56 Å². The van der Waals surface area contributed by atoms with Crippen LogP contribution in [0.25, 0.3) is 11.1 Å². The molecule has 3 rings (SSSR count). The minimum atomic E-state index is -1.44. The van der Waals surface area contributed by atoms with E-state index in [0.29, 0.717) is 0 Å². The topological polar surface area (TPSA) is 107 Å². The van der Waals surface area contributed by atoms with Crippen molar-refractivity contribution in [3.05, 3.63) is 64.0 Å². The standard InChI is InChI=1S/C19H13F2NO5S/c1-8-2-4-10(16(21)15(8)20)12-7-28-18(14(12)19(26)27)22-17(25)11-5-3-9(23)6-13(11)24/h2-7,23-24H,1H3,(H,22,25)(H,26,27). The number of phenols is 2. The van der Waals surface area contributed by atoms with Gasteiger partial charge in [0.15, 0.2) is 11.6 Å². The number of aromatic hydroxyl groups is 2. The second kappa shape index (κ2) is 7.28. The molecule has 3 aromatic rings. The number of anilines is 1. The van der Waals surface area contributed by atoms with Crippen molar-refractivity contribution in [2.24, 2.45) is 0 Å². The molecule has 0 saturated heterocycles. The van der Waals surface area contributed by atoms with Gasteiger partial charge in [-0.3, -0.25) is 4.79 Å². The Morgan fingerprint density at radius 3 is 2.39 bits per heavy atom. The van der Waals surface area contributed by atoms with E-state index in [-0.39, 0.29) is 33.0 Å². The molecular formula is C19H13F2NO5S. The molecule has 0 fully saturated rings. The van der Waals surface area contributed by atoms with Crippen molar-refractivity contribution in [1.82, 2.24) is 0 Å². The highest BCUT2D eigenvalue weighted by atomic mass is 32.1. The number of nitrogens with one attached hydrogen (secondary N) is 1. The van der Waals surface area contributed by atoms with Crippen LogP contribution in [0.4, 0.5) is 13.8 Å². The molecule has 9 heteroatoms. The number of carbonyl (C=O) groups excluding carboxylic acids is 1. The van der Waals surface area contributed by atoms with Crippen molar-refractivity contribution < 1.29 is 33.7 Å². The van der Waals surface area contributed by atoms with Crippen molar-refractivity contribution in [2.45, 2.75) is 6.92 Å². The molecule has 0 spiro atoms. The van der Waals surface area contributed by atoms with Gasteiger partial charge in [-0.2, -0.15) is 0 Å². The van der Waals surface area contributed by atoms with E-state index >= 15 is 0 Å². The first-order valence-electron chi connectivity index (χ1n) is 7.83. The minimum Gasteiger partial charge on any atom is -0.508 e. The summed E-state index contributed by atoms with van der Waals surface area (Å²) in [6, 6.07) is 5.88. The minimum absolute atomic E-state index is 0.0738. The summed E-state index contributed by atoms with van der Waals surface area (Å²) in [6.07, 6.45) is 0. The lowest BCUT2D eigenvalue weighted by atomic mass is 10.0. The smallest absolute Gasteiger partial charge is 0.339 e. The summed E-state index contributed by atoms with van der Waals surface area (Å²) in [5, 5.41) is 32.1. The largest absolute Gasteiger partial charge is 0.508 e. The Morgan fingerprint density at radius 2 is 1.75 bits per heavy atom. The summed E-state index contributed by atoms with van der Waals surface area (Å²) in [7, 11) is 0. The average molecular weight is 405 g/mol. The number of hydrogen-bond acceptors (Lipinski definition) is 5. The Hall–Kier alpha value is -3.46. The normalized spacial score (nSPS) is 10.7. The highest BCUT2D eigenvalue weighted by Gasteiger charge is 2.25. The SMILES string of the molecule is Cc1ccc(-c2csc(NC(=O)c3ccc(O)cc3O)c2C(=O)O)c(F)c1F. The van der Waals surface area contributed by atoms with Crippen molar-refractivity contribution in [3.63, 3.8) is 0 Å². The van der Waals surface area contributed by atoms with Crippen LogP contribution < -0.4 is 5.32 Å². The average Bonchev–Trinajstić information content (AvgIpc) is 3.03. The third kappa shape index (κ3) is 3.39. The summed E-state index contributed by atoms with van der Waals surface area (Å²) in [6.45, 7) is 1.38. The summed E-state index contributed by atoms with van der Waals surface area (Å²) < 4.78 is 28.2. The second-order valence-electron chi connectivity index (χ2n) is 5.87. The third-order valence-corrected chi connectivity index (χ3v) is 4.92. The summed E-state index contributed by atoms with van der Waals surface area (Å²) in [4.78, 5) is 24.1. The first-order chi connectivity index (χ1) is 13.2. The highest BCUT2D eigenvalue weighted by Crippen LogP contribution is 2.38. The fourth-order valence-corrected chi connectivity index (χ4v) is 3.54. The Morgan fingerprint density at radius 1 is 1.04 bits per heavy atom. The lowest BCUT2D eigenvalue weighted by Crippen LogP contribution is -2.13. The van der Waals surface area contributed by atoms with E-state index in [4.69, 9.17) is 0 Å². The van der Waals surface area contributed by atoms with Gasteiger partial charge >= 0.3 is 5.97 Å². The lowest BCUT2D eigenvalue weighted by Gasteiger charge is -2.09. The zero-order valence-corrected chi connectivity index (χ0v) is 15.1. The summed E-state index contributed by atoms with van der Waals surface area (Å²) in [5.41, 5.74) is -0.857. The van der Waals surface area contributed by atoms with Gasteiger partial charge in [0.1, 0.15) is 22.1 Å². The van der Waals surface area contributed by atoms with Gasteiger partial charge in [0.2, 0.25) is 0 Å². The van der Waals surface area contributed by atoms with Crippen LogP contribution in [-0.4, -0.2) is 27.2 Å². The molecule has 2 aromatic carbocycles. The van der Waals surface area contributed by atoms with E-state index in [9.17, 15) is 33.7 Å². The fourth-order valence-electron chi connectivity index (χ4n) is 2.60. The van der Waals surface area contributed by atoms with Gasteiger partial charge in [-0.05, 0) is 24.6 Å². The number of aryl methyl sites for hydroxylation is 1. The van der Waals surface area contributed by atoms with E-state index in [2.05, 4.69) is 5.32 Å². The molecule has 1 heterocycles. The van der Waals surface area contributed by atoms with Crippen molar-refractivity contribution >= 4 is 28.2 Å². The first kappa shape index (κ1) is 19.3. The molecule has 0 unspecified atom stereocenters. The van der Waals surface area contributed by atoms with Gasteiger partial charge < -0.3 is 20.6 Å². The van der Waals surface area contributed by atoms with Gasteiger partial charge in [-0.1, -0.05) is 12.1 Å². The molecule has 0 aliphatic carbocycles. The van der Waals surface area contributed by atoms with E-state index < -0.39 is 34.8 Å². The number of benzene rings is 2. The van der Waals surface area contributed by atoms with Crippen molar-refractivity contribution in [1.29, 1.82) is 0 Å². The monoisotopic (exact) mass is 405 g/mol. The van der Waals surface area contributed by atoms with Crippen LogP contribution in [0.15, 0.2) is 35.7 Å². The third-order valence-electron chi connectivity index (χ3n) is 4.02. The van der Waals surface area contributed by atoms with E-state index in [1.165, 1.54) is 30.5 Å². The Balaban J connectivity index is 2.04. The molecule has 0 bridgehead atoms. The molecule has 1 amide bonds. The number of halogens is 2. The van der Waals surface area contributed by atoms with E-state index in [1.54, 1.807) is 0 Å². The van der Waals surface area contributed by atoms with E-state index in [0.717, 1.165) is 23.5 Å². The van der Waals surface area contributed by atoms with Crippen LogP contribution in [0.3, 0.4) is 0 Å². The second-order valence-corrected chi connectivity index (χ2v) is 6.75. The summed E-state index contributed by atoms with van der Waals surface area (Å²) in [5.74, 6) is -5.30. The van der Waals surface area contributed by atoms with Crippen LogP contribution in [0.2, 0.25) is 0 Å². The molecule has 6 nitrogen and oxygen atoms in total. The molecule has 144 valence electrons. The number of hydrogen-bond donors (Lipinski definition) is 4. The van der Waals surface area contributed by atoms with Gasteiger partial charge in [-0.25, -0.2) is 13.6 Å². The number of amides is 1. The molecule has 0 saturated carbocycles. The zero-order chi connectivity index (χ0) is 20.6. The number of phenolic OH excluding ortho intramolecular Hbond substituents is 2. The maximum Gasteiger partial charge on any atom is 0.339 e. The maximum atomic E-state index is 14.3. The van der Waals surface area contributed by atoms with Crippen molar-refractivity contribution in [2.75, 3.05) is 5.32 Å². The molecule has 4 N–H and O–H groups in total. The first-order valence-corrected chi connectivity index (χ1v) is 8.71. The number of aromatic carboxylic acids is 1. The van der Waals surface area contributed by atoms with Crippen LogP contribution >= 0.6 is 11.3 Å². The molecule has 1 aromatic heterocycles.